The third kappa shape index (κ3) is 6.24. The second-order valence-electron chi connectivity index (χ2n) is 10.3. The maximum atomic E-state index is 13.8. The summed E-state index contributed by atoms with van der Waals surface area (Å²) in [5, 5.41) is 6.71. The van der Waals surface area contributed by atoms with Gasteiger partial charge in [-0.15, -0.1) is 11.3 Å². The van der Waals surface area contributed by atoms with E-state index in [9.17, 15) is 4.79 Å². The van der Waals surface area contributed by atoms with Crippen LogP contribution in [-0.2, 0) is 13.1 Å². The summed E-state index contributed by atoms with van der Waals surface area (Å²) in [6.07, 6.45) is 3.63. The van der Waals surface area contributed by atoms with Crippen molar-refractivity contribution in [3.8, 4) is 11.4 Å². The molecular weight excluding hydrogens is 506 g/mol. The van der Waals surface area contributed by atoms with E-state index in [0.717, 1.165) is 76.6 Å². The molecule has 0 saturated carbocycles. The van der Waals surface area contributed by atoms with Gasteiger partial charge in [-0.3, -0.25) is 14.6 Å². The first-order valence-corrected chi connectivity index (χ1v) is 14.7. The van der Waals surface area contributed by atoms with Gasteiger partial charge in [-0.25, -0.2) is 0 Å². The SMILES string of the molecule is O=c1c(OC2CCN(Cc3ccccc3)CC2)c(N2CCN(Cc3cccs3)CC2)cnn1-c1ccccc1. The summed E-state index contributed by atoms with van der Waals surface area (Å²) < 4.78 is 8.06. The minimum Gasteiger partial charge on any atom is -0.483 e. The molecule has 7 nitrogen and oxygen atoms in total. The molecule has 2 aliphatic rings. The van der Waals surface area contributed by atoms with Crippen LogP contribution in [0.5, 0.6) is 5.75 Å². The number of likely N-dealkylation sites (tertiary alicyclic amines) is 1. The van der Waals surface area contributed by atoms with Gasteiger partial charge in [-0.1, -0.05) is 54.6 Å². The Kier molecular flexibility index (Phi) is 8.04. The maximum absolute atomic E-state index is 13.8. The van der Waals surface area contributed by atoms with Crippen LogP contribution in [0.3, 0.4) is 0 Å². The predicted octanol–water partition coefficient (Wildman–Crippen LogP) is 4.66. The third-order valence-corrected chi connectivity index (χ3v) is 8.52. The summed E-state index contributed by atoms with van der Waals surface area (Å²) in [7, 11) is 0. The summed E-state index contributed by atoms with van der Waals surface area (Å²) in [6, 6.07) is 24.5. The van der Waals surface area contributed by atoms with Crippen molar-refractivity contribution in [2.24, 2.45) is 0 Å². The molecule has 2 fully saturated rings. The fourth-order valence-corrected chi connectivity index (χ4v) is 6.23. The zero-order valence-electron chi connectivity index (χ0n) is 22.2. The Morgan fingerprint density at radius 1 is 0.795 bits per heavy atom. The number of piperidine rings is 1. The second-order valence-corrected chi connectivity index (χ2v) is 11.4. The lowest BCUT2D eigenvalue weighted by Crippen LogP contribution is -2.47. The Labute approximate surface area is 233 Å². The minimum absolute atomic E-state index is 0.00946. The Morgan fingerprint density at radius 2 is 1.49 bits per heavy atom. The van der Waals surface area contributed by atoms with Crippen LogP contribution < -0.4 is 15.2 Å². The van der Waals surface area contributed by atoms with Crippen molar-refractivity contribution in [3.63, 3.8) is 0 Å². The molecule has 0 unspecified atom stereocenters. The van der Waals surface area contributed by atoms with E-state index in [0.29, 0.717) is 5.75 Å². The van der Waals surface area contributed by atoms with Crippen molar-refractivity contribution < 1.29 is 4.74 Å². The van der Waals surface area contributed by atoms with Gasteiger partial charge in [0.05, 0.1) is 11.9 Å². The molecule has 2 aliphatic heterocycles. The minimum atomic E-state index is -0.188. The molecule has 0 atom stereocenters. The van der Waals surface area contributed by atoms with E-state index in [1.54, 1.807) is 11.3 Å². The highest BCUT2D eigenvalue weighted by atomic mass is 32.1. The number of para-hydroxylation sites is 1. The number of hydrogen-bond acceptors (Lipinski definition) is 7. The Hall–Kier alpha value is -3.46. The van der Waals surface area contributed by atoms with Crippen LogP contribution in [0.4, 0.5) is 5.69 Å². The molecule has 4 aromatic rings. The Bertz CT molecular complexity index is 1380. The largest absolute Gasteiger partial charge is 0.483 e. The fraction of sp³-hybridized carbons (Fsp3) is 0.355. The number of aromatic nitrogens is 2. The number of nitrogens with zero attached hydrogens (tertiary/aromatic N) is 5. The number of anilines is 1. The van der Waals surface area contributed by atoms with E-state index in [1.807, 2.05) is 36.5 Å². The van der Waals surface area contributed by atoms with Gasteiger partial charge in [-0.2, -0.15) is 9.78 Å². The molecule has 4 heterocycles. The summed E-state index contributed by atoms with van der Waals surface area (Å²) >= 11 is 1.80. The van der Waals surface area contributed by atoms with Crippen molar-refractivity contribution in [1.29, 1.82) is 0 Å². The quantitative estimate of drug-likeness (QED) is 0.324. The Morgan fingerprint density at radius 3 is 2.18 bits per heavy atom. The smallest absolute Gasteiger partial charge is 0.316 e. The van der Waals surface area contributed by atoms with Crippen LogP contribution in [0.25, 0.3) is 5.69 Å². The molecule has 202 valence electrons. The predicted molar refractivity (Wildman–Crippen MR) is 157 cm³/mol. The maximum Gasteiger partial charge on any atom is 0.316 e. The first kappa shape index (κ1) is 25.8. The molecule has 0 bridgehead atoms. The monoisotopic (exact) mass is 541 g/mol. The average molecular weight is 542 g/mol. The lowest BCUT2D eigenvalue weighted by atomic mass is 10.1. The molecule has 0 radical (unpaired) electrons. The molecule has 2 aromatic heterocycles. The van der Waals surface area contributed by atoms with E-state index >= 15 is 0 Å². The highest BCUT2D eigenvalue weighted by Crippen LogP contribution is 2.29. The molecular formula is C31H35N5O2S. The molecule has 39 heavy (non-hydrogen) atoms. The average Bonchev–Trinajstić information content (AvgIpc) is 3.50. The van der Waals surface area contributed by atoms with Gasteiger partial charge in [0.2, 0.25) is 5.75 Å². The molecule has 0 aliphatic carbocycles. The topological polar surface area (TPSA) is 53.8 Å². The molecule has 0 N–H and O–H groups in total. The number of benzene rings is 2. The van der Waals surface area contributed by atoms with Crippen LogP contribution in [0.2, 0.25) is 0 Å². The zero-order chi connectivity index (χ0) is 26.4. The number of hydrogen-bond donors (Lipinski definition) is 0. The molecule has 8 heteroatoms. The molecule has 2 aromatic carbocycles. The molecule has 0 amide bonds. The van der Waals surface area contributed by atoms with Crippen molar-refractivity contribution in [1.82, 2.24) is 19.6 Å². The van der Waals surface area contributed by atoms with Crippen molar-refractivity contribution in [2.75, 3.05) is 44.2 Å². The van der Waals surface area contributed by atoms with Crippen LogP contribution in [-0.4, -0.2) is 65.0 Å². The van der Waals surface area contributed by atoms with Crippen molar-refractivity contribution in [3.05, 3.63) is 105 Å². The van der Waals surface area contributed by atoms with E-state index in [1.165, 1.54) is 15.1 Å². The zero-order valence-corrected chi connectivity index (χ0v) is 23.0. The van der Waals surface area contributed by atoms with Gasteiger partial charge in [0.15, 0.2) is 0 Å². The van der Waals surface area contributed by atoms with Gasteiger partial charge in [0.1, 0.15) is 11.8 Å². The number of rotatable bonds is 8. The molecule has 2 saturated heterocycles. The normalized spacial score (nSPS) is 17.4. The number of ether oxygens (including phenoxy) is 1. The first-order chi connectivity index (χ1) is 19.2. The number of piperazine rings is 1. The standard InChI is InChI=1S/C31H35N5O2S/c37-31-30(38-27-13-15-33(16-14-27)23-25-8-3-1-4-9-25)29(22-32-36(31)26-10-5-2-6-11-26)35-19-17-34(18-20-35)24-28-12-7-21-39-28/h1-12,21-22,27H,13-20,23-24H2. The van der Waals surface area contributed by atoms with Crippen LogP contribution in [0, 0.1) is 0 Å². The Balaban J connectivity index is 1.18. The van der Waals surface area contributed by atoms with Gasteiger partial charge in [0.25, 0.3) is 0 Å². The van der Waals surface area contributed by atoms with Gasteiger partial charge in [-0.05, 0) is 42.0 Å². The van der Waals surface area contributed by atoms with Crippen molar-refractivity contribution in [2.45, 2.75) is 32.0 Å². The van der Waals surface area contributed by atoms with E-state index in [-0.39, 0.29) is 11.7 Å². The highest BCUT2D eigenvalue weighted by Gasteiger charge is 2.27. The number of thiophene rings is 1. The van der Waals surface area contributed by atoms with Crippen LogP contribution in [0.1, 0.15) is 23.3 Å². The van der Waals surface area contributed by atoms with Crippen LogP contribution >= 0.6 is 11.3 Å². The van der Waals surface area contributed by atoms with E-state index < -0.39 is 0 Å². The van der Waals surface area contributed by atoms with Gasteiger partial charge in [0, 0.05) is 57.2 Å². The second kappa shape index (κ2) is 12.2. The highest BCUT2D eigenvalue weighted by molar-refractivity contribution is 7.09. The van der Waals surface area contributed by atoms with Crippen molar-refractivity contribution >= 4 is 17.0 Å². The molecule has 6 rings (SSSR count). The summed E-state index contributed by atoms with van der Waals surface area (Å²) in [5.41, 5.74) is 2.70. The van der Waals surface area contributed by atoms with E-state index in [2.05, 4.69) is 67.6 Å². The fourth-order valence-electron chi connectivity index (χ4n) is 5.48. The first-order valence-electron chi connectivity index (χ1n) is 13.8. The summed E-state index contributed by atoms with van der Waals surface area (Å²) in [4.78, 5) is 22.4. The van der Waals surface area contributed by atoms with Gasteiger partial charge >= 0.3 is 5.56 Å². The lowest BCUT2D eigenvalue weighted by molar-refractivity contribution is 0.0953. The summed E-state index contributed by atoms with van der Waals surface area (Å²) in [6.45, 7) is 7.40. The van der Waals surface area contributed by atoms with Crippen LogP contribution in [0.15, 0.2) is 89.2 Å². The van der Waals surface area contributed by atoms with Gasteiger partial charge < -0.3 is 9.64 Å². The molecule has 0 spiro atoms. The summed E-state index contributed by atoms with van der Waals surface area (Å²) in [5.74, 6) is 0.432. The van der Waals surface area contributed by atoms with E-state index in [4.69, 9.17) is 4.74 Å². The third-order valence-electron chi connectivity index (χ3n) is 7.66. The lowest BCUT2D eigenvalue weighted by Gasteiger charge is -2.37.